The van der Waals surface area contributed by atoms with Gasteiger partial charge in [0.15, 0.2) is 0 Å². The van der Waals surface area contributed by atoms with E-state index < -0.39 is 0 Å². The molecule has 1 amide bonds. The smallest absolute Gasteiger partial charge is 0.238 e. The molecule has 1 aliphatic rings. The number of carbonyl (C=O) groups is 1. The Balaban J connectivity index is 2.58. The van der Waals surface area contributed by atoms with Crippen LogP contribution in [0.3, 0.4) is 0 Å². The lowest BCUT2D eigenvalue weighted by Gasteiger charge is -2.30. The Morgan fingerprint density at radius 1 is 1.50 bits per heavy atom. The average molecular weight is 308 g/mol. The molecule has 94 valence electrons. The molecular formula is C12H22BrNOS. The summed E-state index contributed by atoms with van der Waals surface area (Å²) in [7, 11) is 0. The summed E-state index contributed by atoms with van der Waals surface area (Å²) >= 11 is 5.27. The summed E-state index contributed by atoms with van der Waals surface area (Å²) in [6.45, 7) is 6.04. The second-order valence-corrected chi connectivity index (χ2v) is 6.91. The number of thioether (sulfide) groups is 1. The van der Waals surface area contributed by atoms with Gasteiger partial charge < -0.3 is 4.90 Å². The first kappa shape index (κ1) is 14.4. The SMILES string of the molecule is CCCCN(CCBr)C(=O)C1(C)CCCS1. The van der Waals surface area contributed by atoms with Crippen molar-refractivity contribution < 1.29 is 4.79 Å². The van der Waals surface area contributed by atoms with Gasteiger partial charge in [0, 0.05) is 18.4 Å². The van der Waals surface area contributed by atoms with E-state index in [0.29, 0.717) is 5.91 Å². The molecule has 1 aliphatic heterocycles. The molecule has 0 aromatic carbocycles. The summed E-state index contributed by atoms with van der Waals surface area (Å²) in [5.41, 5.74) is 0. The Kier molecular flexibility index (Phi) is 6.19. The van der Waals surface area contributed by atoms with Crippen LogP contribution in [0.25, 0.3) is 0 Å². The summed E-state index contributed by atoms with van der Waals surface area (Å²) in [5.74, 6) is 1.49. The van der Waals surface area contributed by atoms with Gasteiger partial charge >= 0.3 is 0 Å². The first-order chi connectivity index (χ1) is 7.64. The minimum absolute atomic E-state index is 0.143. The van der Waals surface area contributed by atoms with Gasteiger partial charge in [-0.3, -0.25) is 4.79 Å². The van der Waals surface area contributed by atoms with E-state index in [-0.39, 0.29) is 4.75 Å². The van der Waals surface area contributed by atoms with Gasteiger partial charge in [-0.25, -0.2) is 0 Å². The van der Waals surface area contributed by atoms with Crippen LogP contribution < -0.4 is 0 Å². The highest BCUT2D eigenvalue weighted by molar-refractivity contribution is 9.09. The Labute approximate surface area is 112 Å². The molecule has 0 aromatic rings. The van der Waals surface area contributed by atoms with E-state index in [0.717, 1.165) is 43.4 Å². The fraction of sp³-hybridized carbons (Fsp3) is 0.917. The second kappa shape index (κ2) is 6.90. The number of alkyl halides is 1. The molecule has 0 saturated carbocycles. The molecule has 0 bridgehead atoms. The van der Waals surface area contributed by atoms with Crippen LogP contribution >= 0.6 is 27.7 Å². The molecule has 16 heavy (non-hydrogen) atoms. The minimum atomic E-state index is -0.143. The predicted molar refractivity (Wildman–Crippen MR) is 75.4 cm³/mol. The first-order valence-corrected chi connectivity index (χ1v) is 8.24. The van der Waals surface area contributed by atoms with Crippen molar-refractivity contribution in [1.29, 1.82) is 0 Å². The maximum absolute atomic E-state index is 12.4. The number of carbonyl (C=O) groups excluding carboxylic acids is 1. The molecule has 1 atom stereocenters. The van der Waals surface area contributed by atoms with Crippen molar-refractivity contribution in [3.8, 4) is 0 Å². The number of amides is 1. The third-order valence-corrected chi connectivity index (χ3v) is 4.96. The van der Waals surface area contributed by atoms with Gasteiger partial charge in [0.1, 0.15) is 0 Å². The number of hydrogen-bond acceptors (Lipinski definition) is 2. The van der Waals surface area contributed by atoms with E-state index in [1.807, 2.05) is 16.7 Å². The molecule has 1 rings (SSSR count). The van der Waals surface area contributed by atoms with Crippen molar-refractivity contribution in [2.75, 3.05) is 24.2 Å². The van der Waals surface area contributed by atoms with Crippen LogP contribution in [0.5, 0.6) is 0 Å². The van der Waals surface area contributed by atoms with E-state index >= 15 is 0 Å². The van der Waals surface area contributed by atoms with E-state index in [1.54, 1.807) is 0 Å². The average Bonchev–Trinajstić information content (AvgIpc) is 2.72. The second-order valence-electron chi connectivity index (χ2n) is 4.52. The topological polar surface area (TPSA) is 20.3 Å². The van der Waals surface area contributed by atoms with Crippen molar-refractivity contribution in [2.45, 2.75) is 44.3 Å². The van der Waals surface area contributed by atoms with Crippen LogP contribution in [-0.4, -0.2) is 39.7 Å². The minimum Gasteiger partial charge on any atom is -0.341 e. The maximum Gasteiger partial charge on any atom is 0.238 e. The lowest BCUT2D eigenvalue weighted by atomic mass is 10.0. The van der Waals surface area contributed by atoms with Crippen molar-refractivity contribution in [3.05, 3.63) is 0 Å². The standard InChI is InChI=1S/C12H22BrNOS/c1-3-4-8-14(9-7-13)11(15)12(2)6-5-10-16-12/h3-10H2,1-2H3. The normalized spacial score (nSPS) is 24.7. The van der Waals surface area contributed by atoms with E-state index in [4.69, 9.17) is 0 Å². The zero-order chi connectivity index (χ0) is 12.0. The van der Waals surface area contributed by atoms with Crippen LogP contribution in [0.15, 0.2) is 0 Å². The van der Waals surface area contributed by atoms with Crippen LogP contribution in [-0.2, 0) is 4.79 Å². The number of nitrogens with zero attached hydrogens (tertiary/aromatic N) is 1. The van der Waals surface area contributed by atoms with E-state index in [1.165, 1.54) is 6.42 Å². The summed E-state index contributed by atoms with van der Waals surface area (Å²) in [4.78, 5) is 14.5. The van der Waals surface area contributed by atoms with Gasteiger partial charge in [-0.15, -0.1) is 11.8 Å². The summed E-state index contributed by atoms with van der Waals surface area (Å²) in [5, 5.41) is 0.878. The Morgan fingerprint density at radius 2 is 2.25 bits per heavy atom. The largest absolute Gasteiger partial charge is 0.341 e. The maximum atomic E-state index is 12.4. The van der Waals surface area contributed by atoms with Gasteiger partial charge in [0.25, 0.3) is 0 Å². The Morgan fingerprint density at radius 3 is 2.75 bits per heavy atom. The summed E-state index contributed by atoms with van der Waals surface area (Å²) < 4.78 is -0.143. The third-order valence-electron chi connectivity index (χ3n) is 3.09. The van der Waals surface area contributed by atoms with Crippen molar-refractivity contribution >= 4 is 33.6 Å². The van der Waals surface area contributed by atoms with E-state index in [9.17, 15) is 4.79 Å². The molecule has 0 spiro atoms. The quantitative estimate of drug-likeness (QED) is 0.702. The van der Waals surface area contributed by atoms with Crippen LogP contribution in [0.1, 0.15) is 39.5 Å². The van der Waals surface area contributed by atoms with Gasteiger partial charge in [-0.2, -0.15) is 0 Å². The number of hydrogen-bond donors (Lipinski definition) is 0. The molecule has 1 saturated heterocycles. The third kappa shape index (κ3) is 3.66. The van der Waals surface area contributed by atoms with Crippen LogP contribution in [0, 0.1) is 0 Å². The van der Waals surface area contributed by atoms with Crippen molar-refractivity contribution in [2.24, 2.45) is 0 Å². The fourth-order valence-corrected chi connectivity index (χ4v) is 3.76. The first-order valence-electron chi connectivity index (χ1n) is 6.13. The number of halogens is 1. The molecule has 0 aliphatic carbocycles. The molecule has 1 unspecified atom stereocenters. The van der Waals surface area contributed by atoms with Gasteiger partial charge in [0.2, 0.25) is 5.91 Å². The van der Waals surface area contributed by atoms with Crippen molar-refractivity contribution in [3.63, 3.8) is 0 Å². The van der Waals surface area contributed by atoms with Gasteiger partial charge in [-0.1, -0.05) is 29.3 Å². The zero-order valence-electron chi connectivity index (χ0n) is 10.3. The fourth-order valence-electron chi connectivity index (χ4n) is 2.05. The highest BCUT2D eigenvalue weighted by Crippen LogP contribution is 2.39. The predicted octanol–water partition coefficient (Wildman–Crippen LogP) is 3.30. The zero-order valence-corrected chi connectivity index (χ0v) is 12.7. The molecule has 0 radical (unpaired) electrons. The molecule has 2 nitrogen and oxygen atoms in total. The van der Waals surface area contributed by atoms with Crippen LogP contribution in [0.2, 0.25) is 0 Å². The number of unbranched alkanes of at least 4 members (excludes halogenated alkanes) is 1. The molecule has 0 N–H and O–H groups in total. The molecular weight excluding hydrogens is 286 g/mol. The highest BCUT2D eigenvalue weighted by atomic mass is 79.9. The number of rotatable bonds is 6. The summed E-state index contributed by atoms with van der Waals surface area (Å²) in [6.07, 6.45) is 4.49. The Bertz CT molecular complexity index is 229. The molecule has 1 fully saturated rings. The highest BCUT2D eigenvalue weighted by Gasteiger charge is 2.39. The van der Waals surface area contributed by atoms with Crippen molar-refractivity contribution in [1.82, 2.24) is 4.90 Å². The lowest BCUT2D eigenvalue weighted by Crippen LogP contribution is -2.45. The summed E-state index contributed by atoms with van der Waals surface area (Å²) in [6, 6.07) is 0. The van der Waals surface area contributed by atoms with Crippen LogP contribution in [0.4, 0.5) is 0 Å². The van der Waals surface area contributed by atoms with Gasteiger partial charge in [-0.05, 0) is 31.9 Å². The monoisotopic (exact) mass is 307 g/mol. The van der Waals surface area contributed by atoms with Gasteiger partial charge in [0.05, 0.1) is 4.75 Å². The molecule has 0 aromatic heterocycles. The Hall–Kier alpha value is 0.300. The lowest BCUT2D eigenvalue weighted by molar-refractivity contribution is -0.133. The molecule has 4 heteroatoms. The molecule has 1 heterocycles. The van der Waals surface area contributed by atoms with E-state index in [2.05, 4.69) is 29.8 Å².